The van der Waals surface area contributed by atoms with Crippen LogP contribution in [-0.2, 0) is 11.2 Å². The number of aryl methyl sites for hydroxylation is 1. The molecule has 138 valence electrons. The van der Waals surface area contributed by atoms with E-state index in [-0.39, 0.29) is 17.9 Å². The smallest absolute Gasteiger partial charge is 0.324 e. The van der Waals surface area contributed by atoms with Gasteiger partial charge in [-0.25, -0.2) is 9.78 Å². The van der Waals surface area contributed by atoms with Crippen molar-refractivity contribution in [2.45, 2.75) is 32.2 Å². The molecule has 0 bridgehead atoms. The molecule has 5 nitrogen and oxygen atoms in total. The maximum absolute atomic E-state index is 12.9. The summed E-state index contributed by atoms with van der Waals surface area (Å²) < 4.78 is 0. The number of nitrogens with zero attached hydrogens (tertiary/aromatic N) is 2. The molecule has 27 heavy (non-hydrogen) atoms. The SMILES string of the molecule is Cc1csc(C(C)CN2C(=O)NC(Cc3cccc4ccccc34)C2=O)n1. The molecular weight excluding hydrogens is 358 g/mol. The summed E-state index contributed by atoms with van der Waals surface area (Å²) in [7, 11) is 0. The average Bonchev–Trinajstić information content (AvgIpc) is 3.21. The summed E-state index contributed by atoms with van der Waals surface area (Å²) >= 11 is 1.57. The number of carbonyl (C=O) groups is 2. The molecule has 1 fully saturated rings. The fraction of sp³-hybridized carbons (Fsp3) is 0.286. The number of hydrogen-bond acceptors (Lipinski definition) is 4. The molecule has 2 heterocycles. The van der Waals surface area contributed by atoms with Crippen molar-refractivity contribution in [3.8, 4) is 0 Å². The summed E-state index contributed by atoms with van der Waals surface area (Å²) in [5, 5.41) is 8.04. The summed E-state index contributed by atoms with van der Waals surface area (Å²) in [5.41, 5.74) is 2.03. The highest BCUT2D eigenvalue weighted by atomic mass is 32.1. The number of thiazole rings is 1. The van der Waals surface area contributed by atoms with E-state index in [4.69, 9.17) is 0 Å². The fourth-order valence-corrected chi connectivity index (χ4v) is 4.38. The molecule has 1 aromatic heterocycles. The van der Waals surface area contributed by atoms with E-state index in [9.17, 15) is 9.59 Å². The second kappa shape index (κ2) is 7.12. The molecule has 3 aromatic rings. The maximum atomic E-state index is 12.9. The number of imide groups is 1. The zero-order valence-corrected chi connectivity index (χ0v) is 16.1. The van der Waals surface area contributed by atoms with Gasteiger partial charge in [-0.2, -0.15) is 0 Å². The van der Waals surface area contributed by atoms with Crippen LogP contribution in [0, 0.1) is 6.92 Å². The van der Waals surface area contributed by atoms with Crippen molar-refractivity contribution in [1.29, 1.82) is 0 Å². The van der Waals surface area contributed by atoms with Crippen LogP contribution in [0.1, 0.15) is 29.1 Å². The number of hydrogen-bond donors (Lipinski definition) is 1. The van der Waals surface area contributed by atoms with E-state index in [1.807, 2.05) is 43.5 Å². The van der Waals surface area contributed by atoms with Gasteiger partial charge in [0.15, 0.2) is 0 Å². The van der Waals surface area contributed by atoms with Crippen LogP contribution in [0.25, 0.3) is 10.8 Å². The van der Waals surface area contributed by atoms with Gasteiger partial charge in [0.25, 0.3) is 5.91 Å². The number of carbonyl (C=O) groups excluding carboxylic acids is 2. The van der Waals surface area contributed by atoms with Crippen molar-refractivity contribution in [3.63, 3.8) is 0 Å². The Kier molecular flexibility index (Phi) is 4.66. The lowest BCUT2D eigenvalue weighted by molar-refractivity contribution is -0.127. The van der Waals surface area contributed by atoms with E-state index in [2.05, 4.69) is 28.5 Å². The van der Waals surface area contributed by atoms with E-state index in [1.165, 1.54) is 4.90 Å². The Morgan fingerprint density at radius 3 is 2.74 bits per heavy atom. The molecule has 0 aliphatic carbocycles. The molecule has 0 radical (unpaired) electrons. The summed E-state index contributed by atoms with van der Waals surface area (Å²) in [6.07, 6.45) is 0.493. The van der Waals surface area contributed by atoms with Crippen LogP contribution in [-0.4, -0.2) is 34.4 Å². The minimum absolute atomic E-state index is 0.0229. The van der Waals surface area contributed by atoms with Gasteiger partial charge in [0, 0.05) is 30.0 Å². The molecule has 1 aliphatic rings. The lowest BCUT2D eigenvalue weighted by atomic mass is 9.99. The van der Waals surface area contributed by atoms with Gasteiger partial charge in [0.05, 0.1) is 5.01 Å². The Morgan fingerprint density at radius 2 is 1.96 bits per heavy atom. The predicted molar refractivity (Wildman–Crippen MR) is 107 cm³/mol. The predicted octanol–water partition coefficient (Wildman–Crippen LogP) is 3.87. The first-order chi connectivity index (χ1) is 13.0. The minimum atomic E-state index is -0.520. The Bertz CT molecular complexity index is 1010. The molecule has 3 amide bonds. The molecule has 1 aliphatic heterocycles. The highest BCUT2D eigenvalue weighted by Crippen LogP contribution is 2.24. The Morgan fingerprint density at radius 1 is 1.19 bits per heavy atom. The number of amides is 3. The molecule has 1 saturated heterocycles. The van der Waals surface area contributed by atoms with Gasteiger partial charge in [0.1, 0.15) is 6.04 Å². The van der Waals surface area contributed by atoms with E-state index in [0.29, 0.717) is 13.0 Å². The summed E-state index contributed by atoms with van der Waals surface area (Å²) in [4.78, 5) is 31.1. The summed E-state index contributed by atoms with van der Waals surface area (Å²) in [5.74, 6) is -0.136. The zero-order chi connectivity index (χ0) is 19.0. The van der Waals surface area contributed by atoms with E-state index < -0.39 is 6.04 Å². The third-order valence-corrected chi connectivity index (χ3v) is 6.12. The second-order valence-electron chi connectivity index (χ2n) is 7.02. The second-order valence-corrected chi connectivity index (χ2v) is 7.91. The van der Waals surface area contributed by atoms with Gasteiger partial charge < -0.3 is 5.32 Å². The van der Waals surface area contributed by atoms with Crippen LogP contribution in [0.15, 0.2) is 47.8 Å². The standard InChI is InChI=1S/C21H21N3O2S/c1-13(19-22-14(2)12-27-19)11-24-20(25)18(23-21(24)26)10-16-8-5-7-15-6-3-4-9-17(15)16/h3-9,12-13,18H,10-11H2,1-2H3,(H,23,26). The first-order valence-electron chi connectivity index (χ1n) is 9.03. The molecule has 2 atom stereocenters. The monoisotopic (exact) mass is 379 g/mol. The Hall–Kier alpha value is -2.73. The van der Waals surface area contributed by atoms with Gasteiger partial charge in [-0.15, -0.1) is 11.3 Å². The zero-order valence-electron chi connectivity index (χ0n) is 15.3. The number of aromatic nitrogens is 1. The van der Waals surface area contributed by atoms with Gasteiger partial charge in [-0.05, 0) is 23.3 Å². The fourth-order valence-electron chi connectivity index (χ4n) is 3.53. The Balaban J connectivity index is 1.51. The molecule has 6 heteroatoms. The van der Waals surface area contributed by atoms with Gasteiger partial charge in [0.2, 0.25) is 0 Å². The molecule has 0 spiro atoms. The quantitative estimate of drug-likeness (QED) is 0.685. The number of fused-ring (bicyclic) bond motifs is 1. The van der Waals surface area contributed by atoms with Crippen molar-refractivity contribution in [3.05, 3.63) is 64.1 Å². The molecular formula is C21H21N3O2S. The summed E-state index contributed by atoms with van der Waals surface area (Å²) in [6, 6.07) is 13.3. The third-order valence-electron chi connectivity index (χ3n) is 4.93. The van der Waals surface area contributed by atoms with Crippen molar-refractivity contribution in [2.24, 2.45) is 0 Å². The van der Waals surface area contributed by atoms with Crippen molar-refractivity contribution in [1.82, 2.24) is 15.2 Å². The minimum Gasteiger partial charge on any atom is -0.325 e. The van der Waals surface area contributed by atoms with E-state index in [1.54, 1.807) is 11.3 Å². The maximum Gasteiger partial charge on any atom is 0.324 e. The topological polar surface area (TPSA) is 62.3 Å². The van der Waals surface area contributed by atoms with E-state index >= 15 is 0 Å². The first-order valence-corrected chi connectivity index (χ1v) is 9.91. The number of rotatable bonds is 5. The van der Waals surface area contributed by atoms with Crippen molar-refractivity contribution >= 4 is 34.0 Å². The molecule has 4 rings (SSSR count). The molecule has 2 aromatic carbocycles. The number of nitrogens with one attached hydrogen (secondary N) is 1. The van der Waals surface area contributed by atoms with Crippen molar-refractivity contribution in [2.75, 3.05) is 6.54 Å². The van der Waals surface area contributed by atoms with Crippen LogP contribution in [0.2, 0.25) is 0 Å². The average molecular weight is 379 g/mol. The van der Waals surface area contributed by atoms with Crippen LogP contribution in [0.4, 0.5) is 4.79 Å². The van der Waals surface area contributed by atoms with Crippen LogP contribution < -0.4 is 5.32 Å². The number of benzene rings is 2. The largest absolute Gasteiger partial charge is 0.325 e. The molecule has 2 unspecified atom stereocenters. The van der Waals surface area contributed by atoms with Crippen LogP contribution in [0.5, 0.6) is 0 Å². The Labute approximate surface area is 162 Å². The highest BCUT2D eigenvalue weighted by molar-refractivity contribution is 7.09. The lowest BCUT2D eigenvalue weighted by Crippen LogP contribution is -2.35. The van der Waals surface area contributed by atoms with Gasteiger partial charge in [-0.1, -0.05) is 49.4 Å². The van der Waals surface area contributed by atoms with Gasteiger partial charge >= 0.3 is 6.03 Å². The van der Waals surface area contributed by atoms with Crippen LogP contribution in [0.3, 0.4) is 0 Å². The number of urea groups is 1. The van der Waals surface area contributed by atoms with E-state index in [0.717, 1.165) is 27.0 Å². The lowest BCUT2D eigenvalue weighted by Gasteiger charge is -2.17. The highest BCUT2D eigenvalue weighted by Gasteiger charge is 2.39. The summed E-state index contributed by atoms with van der Waals surface area (Å²) in [6.45, 7) is 4.29. The normalized spacial score (nSPS) is 18.1. The van der Waals surface area contributed by atoms with Gasteiger partial charge in [-0.3, -0.25) is 9.69 Å². The third kappa shape index (κ3) is 3.45. The van der Waals surface area contributed by atoms with Crippen molar-refractivity contribution < 1.29 is 9.59 Å². The first kappa shape index (κ1) is 17.7. The molecule has 0 saturated carbocycles. The molecule has 1 N–H and O–H groups in total. The van der Waals surface area contributed by atoms with Crippen LogP contribution >= 0.6 is 11.3 Å².